The van der Waals surface area contributed by atoms with Gasteiger partial charge in [0.15, 0.2) is 22.2 Å². The lowest BCUT2D eigenvalue weighted by molar-refractivity contribution is 0.191. The Morgan fingerprint density at radius 1 is 1.03 bits per heavy atom. The normalized spacial score (nSPS) is 13.2. The summed E-state index contributed by atoms with van der Waals surface area (Å²) >= 11 is -1.05. The number of hydrogen-bond donors (Lipinski definition) is 3. The Morgan fingerprint density at radius 2 is 1.69 bits per heavy atom. The van der Waals surface area contributed by atoms with Crippen LogP contribution in [-0.4, -0.2) is 42.7 Å². The molecule has 35 heavy (non-hydrogen) atoms. The summed E-state index contributed by atoms with van der Waals surface area (Å²) in [6.07, 6.45) is 1.22. The molecule has 182 valence electrons. The first-order valence-corrected chi connectivity index (χ1v) is 12.6. The second-order valence-corrected chi connectivity index (χ2v) is 10.6. The van der Waals surface area contributed by atoms with Crippen LogP contribution >= 0.6 is 0 Å². The van der Waals surface area contributed by atoms with E-state index >= 15 is 0 Å². The monoisotopic (exact) mass is 491 g/mol. The molecule has 0 fully saturated rings. The molecular formula is C26H29N5O3S. The molecule has 2 aromatic heterocycles. The van der Waals surface area contributed by atoms with E-state index in [0.717, 1.165) is 21.6 Å². The van der Waals surface area contributed by atoms with Crippen molar-refractivity contribution < 1.29 is 14.2 Å². The molecule has 2 heterocycles. The highest BCUT2D eigenvalue weighted by Gasteiger charge is 2.17. The van der Waals surface area contributed by atoms with Gasteiger partial charge < -0.3 is 25.2 Å². The van der Waals surface area contributed by atoms with Crippen LogP contribution in [0.5, 0.6) is 0 Å². The van der Waals surface area contributed by atoms with Gasteiger partial charge in [0.05, 0.1) is 18.0 Å². The molecule has 4 N–H and O–H groups in total. The fraction of sp³-hybridized carbons (Fsp3) is 0.269. The van der Waals surface area contributed by atoms with Crippen LogP contribution in [0.15, 0.2) is 70.2 Å². The highest BCUT2D eigenvalue weighted by molar-refractivity contribution is 7.92. The van der Waals surface area contributed by atoms with E-state index < -0.39 is 11.2 Å². The smallest absolute Gasteiger partial charge is 0.189 e. The number of nitrogen functional groups attached to an aromatic ring is 1. The predicted octanol–water partition coefficient (Wildman–Crippen LogP) is 4.03. The van der Waals surface area contributed by atoms with Crippen LogP contribution in [-0.2, 0) is 17.7 Å². The maximum Gasteiger partial charge on any atom is 0.189 e. The van der Waals surface area contributed by atoms with E-state index in [0.29, 0.717) is 35.9 Å². The Labute approximate surface area is 207 Å². The second-order valence-electron chi connectivity index (χ2n) is 8.61. The van der Waals surface area contributed by atoms with Crippen molar-refractivity contribution in [2.24, 2.45) is 0 Å². The summed E-state index contributed by atoms with van der Waals surface area (Å²) in [6, 6.07) is 17.2. The molecule has 0 amide bonds. The summed E-state index contributed by atoms with van der Waals surface area (Å²) in [5, 5.41) is 16.8. The molecule has 0 saturated carbocycles. The van der Waals surface area contributed by atoms with Gasteiger partial charge in [0.1, 0.15) is 10.9 Å². The van der Waals surface area contributed by atoms with Crippen molar-refractivity contribution >= 4 is 17.0 Å². The van der Waals surface area contributed by atoms with E-state index in [1.165, 1.54) is 0 Å². The maximum absolute atomic E-state index is 12.3. The SMILES string of the molecule is CC(O)CNCc1ccc(-c2cc(-c3nc(-c4ccc([S+]([O-])C(C)C)cc4)cnc3N)on2)cc1. The van der Waals surface area contributed by atoms with Crippen molar-refractivity contribution in [3.63, 3.8) is 0 Å². The van der Waals surface area contributed by atoms with Gasteiger partial charge in [-0.25, -0.2) is 9.97 Å². The van der Waals surface area contributed by atoms with Crippen LogP contribution in [0, 0.1) is 0 Å². The summed E-state index contributed by atoms with van der Waals surface area (Å²) < 4.78 is 17.9. The van der Waals surface area contributed by atoms with Crippen LogP contribution in [0.4, 0.5) is 5.82 Å². The third kappa shape index (κ3) is 6.07. The molecule has 2 atom stereocenters. The molecule has 2 unspecified atom stereocenters. The lowest BCUT2D eigenvalue weighted by Crippen LogP contribution is -2.23. The van der Waals surface area contributed by atoms with Gasteiger partial charge in [0.25, 0.3) is 0 Å². The number of benzene rings is 2. The zero-order valence-electron chi connectivity index (χ0n) is 19.9. The summed E-state index contributed by atoms with van der Waals surface area (Å²) in [4.78, 5) is 9.74. The lowest BCUT2D eigenvalue weighted by atomic mass is 10.1. The number of nitrogens with one attached hydrogen (secondary N) is 1. The first kappa shape index (κ1) is 24.9. The number of aliphatic hydroxyl groups is 1. The molecule has 0 aliphatic carbocycles. The van der Waals surface area contributed by atoms with Crippen molar-refractivity contribution in [3.8, 4) is 34.0 Å². The third-order valence-corrected chi connectivity index (χ3v) is 6.97. The van der Waals surface area contributed by atoms with E-state index in [1.807, 2.05) is 62.4 Å². The number of nitrogens with two attached hydrogens (primary N) is 1. The summed E-state index contributed by atoms with van der Waals surface area (Å²) in [7, 11) is 0. The molecule has 0 bridgehead atoms. The third-order valence-electron chi connectivity index (χ3n) is 5.37. The van der Waals surface area contributed by atoms with Crippen molar-refractivity contribution in [2.75, 3.05) is 12.3 Å². The van der Waals surface area contributed by atoms with Gasteiger partial charge in [0.2, 0.25) is 0 Å². The Kier molecular flexibility index (Phi) is 7.82. The van der Waals surface area contributed by atoms with Crippen LogP contribution in [0.25, 0.3) is 34.0 Å². The van der Waals surface area contributed by atoms with Gasteiger partial charge in [-0.3, -0.25) is 0 Å². The zero-order valence-corrected chi connectivity index (χ0v) is 20.7. The Balaban J connectivity index is 1.53. The van der Waals surface area contributed by atoms with E-state index in [9.17, 15) is 9.66 Å². The number of aromatic nitrogens is 3. The molecule has 0 spiro atoms. The molecule has 8 nitrogen and oxygen atoms in total. The summed E-state index contributed by atoms with van der Waals surface area (Å²) in [5.41, 5.74) is 10.6. The summed E-state index contributed by atoms with van der Waals surface area (Å²) in [5.74, 6) is 0.667. The van der Waals surface area contributed by atoms with Crippen LogP contribution in [0.2, 0.25) is 0 Å². The molecule has 4 aromatic rings. The maximum atomic E-state index is 12.3. The first-order valence-electron chi connectivity index (χ1n) is 11.4. The molecular weight excluding hydrogens is 462 g/mol. The minimum atomic E-state index is -1.05. The van der Waals surface area contributed by atoms with Gasteiger partial charge in [-0.15, -0.1) is 0 Å². The number of anilines is 1. The van der Waals surface area contributed by atoms with E-state index in [1.54, 1.807) is 19.2 Å². The fourth-order valence-electron chi connectivity index (χ4n) is 3.49. The van der Waals surface area contributed by atoms with Crippen molar-refractivity contribution in [1.29, 1.82) is 0 Å². The van der Waals surface area contributed by atoms with Crippen LogP contribution < -0.4 is 11.1 Å². The predicted molar refractivity (Wildman–Crippen MR) is 138 cm³/mol. The largest absolute Gasteiger partial charge is 0.611 e. The van der Waals surface area contributed by atoms with Gasteiger partial charge in [-0.05, 0) is 61.8 Å². The van der Waals surface area contributed by atoms with Crippen LogP contribution in [0.3, 0.4) is 0 Å². The Hall–Kier alpha value is -3.24. The average Bonchev–Trinajstić information content (AvgIpc) is 3.34. The molecule has 0 radical (unpaired) electrons. The molecule has 2 aromatic carbocycles. The topological polar surface area (TPSA) is 133 Å². The Bertz CT molecular complexity index is 1260. The number of rotatable bonds is 9. The Morgan fingerprint density at radius 3 is 2.34 bits per heavy atom. The van der Waals surface area contributed by atoms with Gasteiger partial charge >= 0.3 is 0 Å². The second kappa shape index (κ2) is 11.0. The molecule has 4 rings (SSSR count). The molecule has 0 saturated heterocycles. The zero-order chi connectivity index (χ0) is 24.9. The van der Waals surface area contributed by atoms with Crippen molar-refractivity contribution in [3.05, 3.63) is 66.4 Å². The molecule has 9 heteroatoms. The number of hydrogen-bond acceptors (Lipinski definition) is 8. The van der Waals surface area contributed by atoms with E-state index in [-0.39, 0.29) is 17.2 Å². The van der Waals surface area contributed by atoms with Crippen molar-refractivity contribution in [1.82, 2.24) is 20.4 Å². The van der Waals surface area contributed by atoms with Gasteiger partial charge in [-0.2, -0.15) is 0 Å². The lowest BCUT2D eigenvalue weighted by Gasteiger charge is -2.14. The fourth-order valence-corrected chi connectivity index (χ4v) is 4.44. The molecule has 0 aliphatic rings. The highest BCUT2D eigenvalue weighted by Crippen LogP contribution is 2.30. The summed E-state index contributed by atoms with van der Waals surface area (Å²) in [6.45, 7) is 6.81. The van der Waals surface area contributed by atoms with Gasteiger partial charge in [-0.1, -0.05) is 29.4 Å². The molecule has 0 aliphatic heterocycles. The van der Waals surface area contributed by atoms with Crippen molar-refractivity contribution in [2.45, 2.75) is 43.6 Å². The van der Waals surface area contributed by atoms with E-state index in [2.05, 4.69) is 20.4 Å². The first-order chi connectivity index (χ1) is 16.8. The average molecular weight is 492 g/mol. The minimum absolute atomic E-state index is 0.0485. The quantitative estimate of drug-likeness (QED) is 0.299. The van der Waals surface area contributed by atoms with Gasteiger partial charge in [0, 0.05) is 30.3 Å². The van der Waals surface area contributed by atoms with E-state index in [4.69, 9.17) is 10.3 Å². The minimum Gasteiger partial charge on any atom is -0.611 e. The number of aliphatic hydroxyl groups excluding tert-OH is 1. The van der Waals surface area contributed by atoms with Crippen LogP contribution in [0.1, 0.15) is 26.3 Å². The highest BCUT2D eigenvalue weighted by atomic mass is 32.2. The standard InChI is InChI=1S/C26H29N5O3S/c1-16(2)35(33)21-10-8-20(9-11-21)23-15-29-26(27)25(30-23)24-12-22(31-34-24)19-6-4-18(5-7-19)14-28-13-17(3)32/h4-12,15-17,28,32H,13-14H2,1-3H3,(H2,27,29). The number of nitrogens with zero attached hydrogens (tertiary/aromatic N) is 3.